The highest BCUT2D eigenvalue weighted by Crippen LogP contribution is 2.20. The van der Waals surface area contributed by atoms with Crippen LogP contribution in [-0.2, 0) is 6.54 Å². The highest BCUT2D eigenvalue weighted by Gasteiger charge is 2.21. The minimum absolute atomic E-state index is 0.171. The third-order valence-electron chi connectivity index (χ3n) is 3.40. The van der Waals surface area contributed by atoms with Gasteiger partial charge in [-0.25, -0.2) is 4.39 Å². The van der Waals surface area contributed by atoms with Gasteiger partial charge in [0.15, 0.2) is 0 Å². The maximum Gasteiger partial charge on any atom is 0.124 e. The van der Waals surface area contributed by atoms with Crippen molar-refractivity contribution in [1.29, 1.82) is 0 Å². The predicted octanol–water partition coefficient (Wildman–Crippen LogP) is 2.87. The molecule has 0 fully saturated rings. The zero-order valence-electron chi connectivity index (χ0n) is 12.2. The lowest BCUT2D eigenvalue weighted by molar-refractivity contribution is 0.0628. The number of nitrogens with zero attached hydrogens (tertiary/aromatic N) is 1. The number of aliphatic hydroxyl groups excluding tert-OH is 1. The van der Waals surface area contributed by atoms with Crippen LogP contribution in [0.25, 0.3) is 10.9 Å². The van der Waals surface area contributed by atoms with Crippen molar-refractivity contribution in [3.8, 4) is 0 Å². The topological polar surface area (TPSA) is 45.1 Å². The Morgan fingerprint density at radius 1 is 1.35 bits per heavy atom. The summed E-state index contributed by atoms with van der Waals surface area (Å²) in [6.45, 7) is 6.90. The van der Waals surface area contributed by atoms with Crippen LogP contribution in [0.1, 0.15) is 26.3 Å². The Labute approximate surface area is 118 Å². The summed E-state index contributed by atoms with van der Waals surface area (Å²) in [6, 6.07) is 6.61. The normalized spacial score (nSPS) is 13.7. The van der Waals surface area contributed by atoms with E-state index in [1.54, 1.807) is 12.3 Å². The van der Waals surface area contributed by atoms with Gasteiger partial charge in [-0.1, -0.05) is 26.8 Å². The van der Waals surface area contributed by atoms with E-state index in [1.165, 1.54) is 12.1 Å². The number of benzene rings is 1. The minimum Gasteiger partial charge on any atom is -0.391 e. The van der Waals surface area contributed by atoms with Crippen LogP contribution in [0.15, 0.2) is 30.5 Å². The number of fused-ring (bicyclic) bond motifs is 1. The maximum absolute atomic E-state index is 13.6. The molecule has 20 heavy (non-hydrogen) atoms. The second-order valence-corrected chi connectivity index (χ2v) is 6.15. The van der Waals surface area contributed by atoms with Gasteiger partial charge in [-0.3, -0.25) is 4.98 Å². The fourth-order valence-electron chi connectivity index (χ4n) is 2.01. The second kappa shape index (κ2) is 5.85. The first-order valence-corrected chi connectivity index (χ1v) is 6.80. The summed E-state index contributed by atoms with van der Waals surface area (Å²) >= 11 is 0. The van der Waals surface area contributed by atoms with E-state index in [2.05, 4.69) is 10.3 Å². The van der Waals surface area contributed by atoms with Crippen LogP contribution in [0.5, 0.6) is 0 Å². The first kappa shape index (κ1) is 14.9. The minimum atomic E-state index is -0.449. The van der Waals surface area contributed by atoms with E-state index >= 15 is 0 Å². The first-order valence-electron chi connectivity index (χ1n) is 6.80. The number of hydrogen-bond donors (Lipinski definition) is 2. The standard InChI is InChI=1S/C16H21FN2O/c1-16(2,3)14(20)10-18-9-12-8-13(17)7-11-5-4-6-19-15(11)12/h4-8,14,18,20H,9-10H2,1-3H3. The van der Waals surface area contributed by atoms with Gasteiger partial charge >= 0.3 is 0 Å². The molecule has 1 heterocycles. The van der Waals surface area contributed by atoms with Crippen LogP contribution in [0, 0.1) is 11.2 Å². The van der Waals surface area contributed by atoms with Crippen LogP contribution < -0.4 is 5.32 Å². The second-order valence-electron chi connectivity index (χ2n) is 6.15. The lowest BCUT2D eigenvalue weighted by atomic mass is 9.89. The molecular formula is C16H21FN2O. The lowest BCUT2D eigenvalue weighted by Crippen LogP contribution is -2.36. The van der Waals surface area contributed by atoms with Crippen molar-refractivity contribution >= 4 is 10.9 Å². The molecule has 0 aliphatic carbocycles. The van der Waals surface area contributed by atoms with E-state index in [9.17, 15) is 9.50 Å². The van der Waals surface area contributed by atoms with Gasteiger partial charge < -0.3 is 10.4 Å². The van der Waals surface area contributed by atoms with Crippen LogP contribution in [-0.4, -0.2) is 22.7 Å². The van der Waals surface area contributed by atoms with E-state index in [-0.39, 0.29) is 11.2 Å². The van der Waals surface area contributed by atoms with Gasteiger partial charge in [0, 0.05) is 24.7 Å². The van der Waals surface area contributed by atoms with Gasteiger partial charge in [-0.15, -0.1) is 0 Å². The molecule has 2 aromatic rings. The summed E-state index contributed by atoms with van der Waals surface area (Å²) in [4.78, 5) is 4.30. The highest BCUT2D eigenvalue weighted by molar-refractivity contribution is 5.81. The number of pyridine rings is 1. The smallest absolute Gasteiger partial charge is 0.124 e. The van der Waals surface area contributed by atoms with Gasteiger partial charge in [0.1, 0.15) is 5.82 Å². The Morgan fingerprint density at radius 3 is 2.80 bits per heavy atom. The van der Waals surface area contributed by atoms with Gasteiger partial charge in [-0.2, -0.15) is 0 Å². The monoisotopic (exact) mass is 276 g/mol. The summed E-state index contributed by atoms with van der Waals surface area (Å²) in [6.07, 6.45) is 1.25. The molecule has 4 heteroatoms. The summed E-state index contributed by atoms with van der Waals surface area (Å²) in [5, 5.41) is 13.9. The summed E-state index contributed by atoms with van der Waals surface area (Å²) in [5.41, 5.74) is 1.43. The Kier molecular flexibility index (Phi) is 4.35. The maximum atomic E-state index is 13.6. The number of rotatable bonds is 4. The van der Waals surface area contributed by atoms with Crippen molar-refractivity contribution < 1.29 is 9.50 Å². The Balaban J connectivity index is 2.10. The molecule has 0 saturated carbocycles. The van der Waals surface area contributed by atoms with Crippen molar-refractivity contribution in [3.05, 3.63) is 41.8 Å². The number of aliphatic hydroxyl groups is 1. The molecule has 2 N–H and O–H groups in total. The fourth-order valence-corrected chi connectivity index (χ4v) is 2.01. The molecule has 0 aliphatic heterocycles. The Hall–Kier alpha value is -1.52. The van der Waals surface area contributed by atoms with E-state index in [0.29, 0.717) is 13.1 Å². The van der Waals surface area contributed by atoms with E-state index in [1.807, 2.05) is 26.8 Å². The van der Waals surface area contributed by atoms with E-state index < -0.39 is 6.10 Å². The Morgan fingerprint density at radius 2 is 2.10 bits per heavy atom. The average molecular weight is 276 g/mol. The van der Waals surface area contributed by atoms with Crippen molar-refractivity contribution in [2.75, 3.05) is 6.54 Å². The molecule has 0 bridgehead atoms. The molecule has 1 atom stereocenters. The molecule has 0 spiro atoms. The molecule has 0 saturated heterocycles. The molecule has 1 aromatic carbocycles. The zero-order valence-corrected chi connectivity index (χ0v) is 12.2. The van der Waals surface area contributed by atoms with Gasteiger partial charge in [0.25, 0.3) is 0 Å². The molecule has 0 amide bonds. The largest absolute Gasteiger partial charge is 0.391 e. The average Bonchev–Trinajstić information content (AvgIpc) is 2.37. The van der Waals surface area contributed by atoms with Gasteiger partial charge in [-0.05, 0) is 29.2 Å². The molecule has 1 unspecified atom stereocenters. The third kappa shape index (κ3) is 3.52. The third-order valence-corrected chi connectivity index (χ3v) is 3.40. The quantitative estimate of drug-likeness (QED) is 0.902. The van der Waals surface area contributed by atoms with Gasteiger partial charge in [0.05, 0.1) is 11.6 Å². The number of halogens is 1. The van der Waals surface area contributed by atoms with Crippen LogP contribution in [0.3, 0.4) is 0 Å². The fraction of sp³-hybridized carbons (Fsp3) is 0.438. The number of nitrogens with one attached hydrogen (secondary N) is 1. The first-order chi connectivity index (χ1) is 9.38. The highest BCUT2D eigenvalue weighted by atomic mass is 19.1. The summed E-state index contributed by atoms with van der Waals surface area (Å²) < 4.78 is 13.6. The molecule has 2 rings (SSSR count). The van der Waals surface area contributed by atoms with Crippen LogP contribution in [0.2, 0.25) is 0 Å². The molecule has 0 radical (unpaired) electrons. The van der Waals surface area contributed by atoms with Crippen molar-refractivity contribution in [2.24, 2.45) is 5.41 Å². The molecule has 108 valence electrons. The molecular weight excluding hydrogens is 255 g/mol. The number of hydrogen-bond acceptors (Lipinski definition) is 3. The van der Waals surface area contributed by atoms with E-state index in [0.717, 1.165) is 16.5 Å². The Bertz CT molecular complexity index is 593. The zero-order chi connectivity index (χ0) is 14.8. The lowest BCUT2D eigenvalue weighted by Gasteiger charge is -2.26. The SMILES string of the molecule is CC(C)(C)C(O)CNCc1cc(F)cc2cccnc12. The summed E-state index contributed by atoms with van der Waals surface area (Å²) in [5.74, 6) is -0.265. The molecule has 3 nitrogen and oxygen atoms in total. The van der Waals surface area contributed by atoms with Crippen LogP contribution in [0.4, 0.5) is 4.39 Å². The predicted molar refractivity (Wildman–Crippen MR) is 78.9 cm³/mol. The van der Waals surface area contributed by atoms with Crippen molar-refractivity contribution in [3.63, 3.8) is 0 Å². The summed E-state index contributed by atoms with van der Waals surface area (Å²) in [7, 11) is 0. The van der Waals surface area contributed by atoms with Crippen LogP contribution >= 0.6 is 0 Å². The molecule has 0 aliphatic rings. The van der Waals surface area contributed by atoms with Gasteiger partial charge in [0.2, 0.25) is 0 Å². The van der Waals surface area contributed by atoms with Crippen molar-refractivity contribution in [1.82, 2.24) is 10.3 Å². The molecule has 1 aromatic heterocycles. The van der Waals surface area contributed by atoms with E-state index in [4.69, 9.17) is 0 Å². The number of aromatic nitrogens is 1. The van der Waals surface area contributed by atoms with Crippen molar-refractivity contribution in [2.45, 2.75) is 33.4 Å².